The van der Waals surface area contributed by atoms with E-state index in [9.17, 15) is 0 Å². The smallest absolute Gasteiger partial charge is 0.0493 e. The predicted molar refractivity (Wildman–Crippen MR) is 76.2 cm³/mol. The van der Waals surface area contributed by atoms with Gasteiger partial charge < -0.3 is 5.32 Å². The van der Waals surface area contributed by atoms with E-state index in [1.807, 2.05) is 17.8 Å². The molecule has 0 radical (unpaired) electrons. The number of anilines is 1. The van der Waals surface area contributed by atoms with Gasteiger partial charge in [0.05, 0.1) is 0 Å². The molecule has 0 bridgehead atoms. The molecule has 0 unspecified atom stereocenters. The van der Waals surface area contributed by atoms with Crippen molar-refractivity contribution in [1.82, 2.24) is 0 Å². The number of rotatable bonds is 0. The Bertz CT molecular complexity index is 413. The van der Waals surface area contributed by atoms with Gasteiger partial charge >= 0.3 is 0 Å². The molecule has 2 aliphatic rings. The first-order valence-corrected chi connectivity index (χ1v) is 7.80. The highest BCUT2D eigenvalue weighted by Gasteiger charge is 2.33. The molecule has 0 saturated heterocycles. The fourth-order valence-corrected chi connectivity index (χ4v) is 4.43. The lowest BCUT2D eigenvalue weighted by Gasteiger charge is -2.35. The van der Waals surface area contributed by atoms with Crippen molar-refractivity contribution in [3.05, 3.63) is 23.2 Å². The van der Waals surface area contributed by atoms with Gasteiger partial charge in [-0.3, -0.25) is 0 Å². The van der Waals surface area contributed by atoms with E-state index in [2.05, 4.69) is 17.4 Å². The summed E-state index contributed by atoms with van der Waals surface area (Å²) >= 11 is 8.06. The van der Waals surface area contributed by atoms with Gasteiger partial charge in [-0.2, -0.15) is 0 Å². The fourth-order valence-electron chi connectivity index (χ4n) is 2.95. The number of hydrogen-bond donors (Lipinski definition) is 1. The van der Waals surface area contributed by atoms with Crippen LogP contribution in [0.3, 0.4) is 0 Å². The molecule has 0 aromatic heterocycles. The van der Waals surface area contributed by atoms with Crippen molar-refractivity contribution in [2.75, 3.05) is 17.6 Å². The van der Waals surface area contributed by atoms with Crippen molar-refractivity contribution in [1.29, 1.82) is 0 Å². The van der Waals surface area contributed by atoms with Gasteiger partial charge in [-0.25, -0.2) is 0 Å². The summed E-state index contributed by atoms with van der Waals surface area (Å²) < 4.78 is 0. The van der Waals surface area contributed by atoms with E-state index in [-0.39, 0.29) is 0 Å². The van der Waals surface area contributed by atoms with E-state index in [0.717, 1.165) is 11.6 Å². The highest BCUT2D eigenvalue weighted by Crippen LogP contribution is 2.45. The van der Waals surface area contributed by atoms with E-state index in [1.165, 1.54) is 48.4 Å². The van der Waals surface area contributed by atoms with Gasteiger partial charge in [-0.05, 0) is 36.5 Å². The maximum atomic E-state index is 6.06. The monoisotopic (exact) mass is 267 g/mol. The van der Waals surface area contributed by atoms with Crippen LogP contribution in [0.1, 0.15) is 32.1 Å². The average Bonchev–Trinajstić information content (AvgIpc) is 2.52. The standard InChI is InChI=1S/C14H18ClNS/c15-11-4-5-13-12(8-11)16-9-14(10-17-13)6-2-1-3-7-14/h4-5,8,16H,1-3,6-7,9-10H2. The maximum Gasteiger partial charge on any atom is 0.0493 e. The van der Waals surface area contributed by atoms with Gasteiger partial charge in [0.15, 0.2) is 0 Å². The first-order chi connectivity index (χ1) is 8.27. The van der Waals surface area contributed by atoms with Crippen molar-refractivity contribution in [3.63, 3.8) is 0 Å². The Morgan fingerprint density at radius 3 is 2.82 bits per heavy atom. The lowest BCUT2D eigenvalue weighted by Crippen LogP contribution is -2.33. The summed E-state index contributed by atoms with van der Waals surface area (Å²) in [6, 6.07) is 6.21. The van der Waals surface area contributed by atoms with Crippen LogP contribution in [0.2, 0.25) is 5.02 Å². The van der Waals surface area contributed by atoms with E-state index in [0.29, 0.717) is 5.41 Å². The summed E-state index contributed by atoms with van der Waals surface area (Å²) in [4.78, 5) is 1.36. The molecule has 1 N–H and O–H groups in total. The van der Waals surface area contributed by atoms with Crippen LogP contribution in [0.5, 0.6) is 0 Å². The molecule has 1 fully saturated rings. The van der Waals surface area contributed by atoms with Gasteiger partial charge in [0.2, 0.25) is 0 Å². The first-order valence-electron chi connectivity index (χ1n) is 6.44. The Balaban J connectivity index is 1.82. The number of nitrogens with one attached hydrogen (secondary N) is 1. The normalized spacial score (nSPS) is 22.6. The molecular formula is C14H18ClNS. The van der Waals surface area contributed by atoms with Crippen molar-refractivity contribution in [2.45, 2.75) is 37.0 Å². The number of hydrogen-bond acceptors (Lipinski definition) is 2. The van der Waals surface area contributed by atoms with Crippen LogP contribution in [-0.4, -0.2) is 12.3 Å². The van der Waals surface area contributed by atoms with E-state index >= 15 is 0 Å². The zero-order chi connectivity index (χ0) is 11.7. The van der Waals surface area contributed by atoms with Crippen LogP contribution in [0, 0.1) is 5.41 Å². The predicted octanol–water partition coefficient (Wildman–Crippen LogP) is 4.81. The molecule has 1 aromatic carbocycles. The molecule has 1 heterocycles. The lowest BCUT2D eigenvalue weighted by atomic mass is 9.75. The van der Waals surface area contributed by atoms with Crippen LogP contribution in [0.4, 0.5) is 5.69 Å². The van der Waals surface area contributed by atoms with Crippen LogP contribution in [0.25, 0.3) is 0 Å². The lowest BCUT2D eigenvalue weighted by molar-refractivity contribution is 0.241. The van der Waals surface area contributed by atoms with Crippen molar-refractivity contribution in [3.8, 4) is 0 Å². The molecule has 1 aliphatic carbocycles. The molecule has 0 amide bonds. The SMILES string of the molecule is Clc1ccc2c(c1)NCC1(CCCCC1)CS2. The van der Waals surface area contributed by atoms with Gasteiger partial charge in [0, 0.05) is 27.9 Å². The molecule has 3 heteroatoms. The summed E-state index contributed by atoms with van der Waals surface area (Å²) in [5.74, 6) is 1.26. The minimum atomic E-state index is 0.522. The molecule has 0 atom stereocenters. The highest BCUT2D eigenvalue weighted by atomic mass is 35.5. The third kappa shape index (κ3) is 2.43. The van der Waals surface area contributed by atoms with Crippen LogP contribution in [0.15, 0.2) is 23.1 Å². The van der Waals surface area contributed by atoms with Gasteiger partial charge in [0.1, 0.15) is 0 Å². The van der Waals surface area contributed by atoms with Crippen LogP contribution in [-0.2, 0) is 0 Å². The first kappa shape index (κ1) is 11.7. The maximum absolute atomic E-state index is 6.06. The Morgan fingerprint density at radius 2 is 2.00 bits per heavy atom. The Labute approximate surface area is 112 Å². The quantitative estimate of drug-likeness (QED) is 0.724. The third-order valence-corrected chi connectivity index (χ3v) is 5.70. The van der Waals surface area contributed by atoms with Crippen LogP contribution < -0.4 is 5.32 Å². The number of benzene rings is 1. The summed E-state index contributed by atoms with van der Waals surface area (Å²) in [6.45, 7) is 1.12. The summed E-state index contributed by atoms with van der Waals surface area (Å²) in [6.07, 6.45) is 6.99. The summed E-state index contributed by atoms with van der Waals surface area (Å²) in [5.41, 5.74) is 1.75. The molecule has 92 valence electrons. The summed E-state index contributed by atoms with van der Waals surface area (Å²) in [5, 5.41) is 4.45. The molecular weight excluding hydrogens is 250 g/mol. The second-order valence-electron chi connectivity index (χ2n) is 5.34. The number of halogens is 1. The fraction of sp³-hybridized carbons (Fsp3) is 0.571. The Morgan fingerprint density at radius 1 is 1.18 bits per heavy atom. The van der Waals surface area contributed by atoms with Crippen molar-refractivity contribution in [2.24, 2.45) is 5.41 Å². The van der Waals surface area contributed by atoms with Crippen LogP contribution >= 0.6 is 23.4 Å². The van der Waals surface area contributed by atoms with Gasteiger partial charge in [-0.15, -0.1) is 11.8 Å². The Kier molecular flexibility index (Phi) is 3.27. The minimum Gasteiger partial charge on any atom is -0.384 e. The molecule has 17 heavy (non-hydrogen) atoms. The summed E-state index contributed by atoms with van der Waals surface area (Å²) in [7, 11) is 0. The highest BCUT2D eigenvalue weighted by molar-refractivity contribution is 7.99. The van der Waals surface area contributed by atoms with E-state index in [1.54, 1.807) is 0 Å². The van der Waals surface area contributed by atoms with E-state index in [4.69, 9.17) is 11.6 Å². The number of thioether (sulfide) groups is 1. The molecule has 1 nitrogen and oxygen atoms in total. The number of fused-ring (bicyclic) bond motifs is 1. The van der Waals surface area contributed by atoms with Crippen molar-refractivity contribution < 1.29 is 0 Å². The Hall–Kier alpha value is -0.340. The third-order valence-electron chi connectivity index (χ3n) is 4.04. The molecule has 3 rings (SSSR count). The second kappa shape index (κ2) is 4.74. The van der Waals surface area contributed by atoms with Crippen molar-refractivity contribution >= 4 is 29.1 Å². The molecule has 1 aromatic rings. The topological polar surface area (TPSA) is 12.0 Å². The van der Waals surface area contributed by atoms with Gasteiger partial charge in [-0.1, -0.05) is 30.9 Å². The molecule has 1 aliphatic heterocycles. The average molecular weight is 268 g/mol. The molecule has 1 spiro atoms. The second-order valence-corrected chi connectivity index (χ2v) is 6.80. The molecule has 1 saturated carbocycles. The zero-order valence-electron chi connectivity index (χ0n) is 9.97. The minimum absolute atomic E-state index is 0.522. The zero-order valence-corrected chi connectivity index (χ0v) is 11.5. The van der Waals surface area contributed by atoms with E-state index < -0.39 is 0 Å². The van der Waals surface area contributed by atoms with Gasteiger partial charge in [0.25, 0.3) is 0 Å². The largest absolute Gasteiger partial charge is 0.384 e.